The summed E-state index contributed by atoms with van der Waals surface area (Å²) in [6.45, 7) is 1.88. The second-order valence-electron chi connectivity index (χ2n) is 4.88. The van der Waals surface area contributed by atoms with Crippen molar-refractivity contribution in [3.8, 4) is 6.07 Å². The average molecular weight is 323 g/mol. The number of nitriles is 1. The molecule has 0 aliphatic heterocycles. The van der Waals surface area contributed by atoms with E-state index in [9.17, 15) is 10.1 Å². The molecule has 0 heterocycles. The molecule has 0 spiro atoms. The van der Waals surface area contributed by atoms with E-state index in [0.29, 0.717) is 10.7 Å². The van der Waals surface area contributed by atoms with E-state index in [1.54, 1.807) is 12.1 Å². The molecular formula is C19H15ClN2O. The van der Waals surface area contributed by atoms with Crippen LogP contribution in [-0.4, -0.2) is 5.91 Å². The van der Waals surface area contributed by atoms with Crippen molar-refractivity contribution in [3.05, 3.63) is 82.4 Å². The molecule has 0 saturated carbocycles. The number of hydrogen-bond acceptors (Lipinski definition) is 2. The van der Waals surface area contributed by atoms with Gasteiger partial charge in [0.1, 0.15) is 11.6 Å². The van der Waals surface area contributed by atoms with Gasteiger partial charge in [0.15, 0.2) is 0 Å². The number of halogens is 1. The van der Waals surface area contributed by atoms with Gasteiger partial charge in [0.05, 0.1) is 0 Å². The smallest absolute Gasteiger partial charge is 0.266 e. The zero-order valence-electron chi connectivity index (χ0n) is 12.6. The maximum atomic E-state index is 12.2. The Morgan fingerprint density at radius 2 is 1.78 bits per heavy atom. The highest BCUT2D eigenvalue weighted by Gasteiger charge is 2.10. The maximum absolute atomic E-state index is 12.2. The zero-order valence-corrected chi connectivity index (χ0v) is 13.3. The largest absolute Gasteiger partial charge is 0.321 e. The van der Waals surface area contributed by atoms with Crippen LogP contribution in [-0.2, 0) is 4.79 Å². The zero-order chi connectivity index (χ0) is 16.7. The lowest BCUT2D eigenvalue weighted by molar-refractivity contribution is -0.112. The standard InChI is InChI=1S/C19H15ClN2O/c1-14-7-5-6-10-18(14)22-19(23)16(13-21)12-17(20)11-15-8-3-2-4-9-15/h2-12H,1H3,(H,22,23)/b16-12+,17-11-. The summed E-state index contributed by atoms with van der Waals surface area (Å²) in [7, 11) is 0. The third kappa shape index (κ3) is 4.84. The van der Waals surface area contributed by atoms with E-state index in [1.165, 1.54) is 6.08 Å². The number of nitrogens with one attached hydrogen (secondary N) is 1. The number of allylic oxidation sites excluding steroid dienone is 2. The second kappa shape index (κ2) is 7.98. The molecule has 0 atom stereocenters. The molecule has 0 aromatic heterocycles. The molecule has 2 aromatic rings. The van der Waals surface area contributed by atoms with E-state index in [-0.39, 0.29) is 5.57 Å². The van der Waals surface area contributed by atoms with Crippen molar-refractivity contribution in [3.63, 3.8) is 0 Å². The summed E-state index contributed by atoms with van der Waals surface area (Å²) in [4.78, 5) is 12.2. The van der Waals surface area contributed by atoms with Gasteiger partial charge < -0.3 is 5.32 Å². The summed E-state index contributed by atoms with van der Waals surface area (Å²) in [5.41, 5.74) is 2.43. The maximum Gasteiger partial charge on any atom is 0.266 e. The van der Waals surface area contributed by atoms with E-state index in [1.807, 2.05) is 61.5 Å². The van der Waals surface area contributed by atoms with Crippen LogP contribution >= 0.6 is 11.6 Å². The first-order valence-corrected chi connectivity index (χ1v) is 7.39. The average Bonchev–Trinajstić information content (AvgIpc) is 2.55. The minimum atomic E-state index is -0.485. The molecular weight excluding hydrogens is 308 g/mol. The van der Waals surface area contributed by atoms with Crippen molar-refractivity contribution in [2.45, 2.75) is 6.92 Å². The van der Waals surface area contributed by atoms with E-state index in [4.69, 9.17) is 11.6 Å². The molecule has 2 rings (SSSR count). The third-order valence-electron chi connectivity index (χ3n) is 3.14. The van der Waals surface area contributed by atoms with Gasteiger partial charge in [-0.25, -0.2) is 0 Å². The van der Waals surface area contributed by atoms with Gasteiger partial charge >= 0.3 is 0 Å². The van der Waals surface area contributed by atoms with Crippen LogP contribution in [0.5, 0.6) is 0 Å². The van der Waals surface area contributed by atoms with Crippen LogP contribution in [0.15, 0.2) is 71.3 Å². The van der Waals surface area contributed by atoms with Crippen LogP contribution in [0.3, 0.4) is 0 Å². The van der Waals surface area contributed by atoms with Crippen molar-refractivity contribution in [1.29, 1.82) is 5.26 Å². The number of carbonyl (C=O) groups excluding carboxylic acids is 1. The van der Waals surface area contributed by atoms with Gasteiger partial charge in [-0.05, 0) is 36.3 Å². The number of rotatable bonds is 4. The van der Waals surface area contributed by atoms with Crippen LogP contribution in [0, 0.1) is 18.3 Å². The number of carbonyl (C=O) groups is 1. The predicted molar refractivity (Wildman–Crippen MR) is 93.8 cm³/mol. The normalized spacial score (nSPS) is 11.7. The van der Waals surface area contributed by atoms with Crippen LogP contribution in [0.25, 0.3) is 6.08 Å². The molecule has 4 heteroatoms. The molecule has 2 aromatic carbocycles. The Morgan fingerprint density at radius 1 is 1.13 bits per heavy atom. The summed E-state index contributed by atoms with van der Waals surface area (Å²) in [5, 5.41) is 12.2. The van der Waals surface area contributed by atoms with Crippen molar-refractivity contribution in [1.82, 2.24) is 0 Å². The number of anilines is 1. The number of hydrogen-bond donors (Lipinski definition) is 1. The Balaban J connectivity index is 2.19. The first-order chi connectivity index (χ1) is 11.1. The minimum Gasteiger partial charge on any atom is -0.321 e. The van der Waals surface area contributed by atoms with Crippen LogP contribution in [0.1, 0.15) is 11.1 Å². The number of aryl methyl sites for hydroxylation is 1. The second-order valence-corrected chi connectivity index (χ2v) is 5.32. The van der Waals surface area contributed by atoms with Crippen molar-refractivity contribution >= 4 is 29.3 Å². The fraction of sp³-hybridized carbons (Fsp3) is 0.0526. The highest BCUT2D eigenvalue weighted by Crippen LogP contribution is 2.17. The quantitative estimate of drug-likeness (QED) is 0.505. The number of amides is 1. The molecule has 0 aliphatic carbocycles. The van der Waals surface area contributed by atoms with Crippen molar-refractivity contribution < 1.29 is 4.79 Å². The van der Waals surface area contributed by atoms with E-state index >= 15 is 0 Å². The molecule has 0 bridgehead atoms. The summed E-state index contributed by atoms with van der Waals surface area (Å²) in [6.07, 6.45) is 3.06. The van der Waals surface area contributed by atoms with Gasteiger partial charge in [-0.1, -0.05) is 60.1 Å². The molecule has 0 radical (unpaired) electrons. The molecule has 0 unspecified atom stereocenters. The molecule has 0 fully saturated rings. The highest BCUT2D eigenvalue weighted by molar-refractivity contribution is 6.33. The predicted octanol–water partition coefficient (Wildman–Crippen LogP) is 4.66. The van der Waals surface area contributed by atoms with Gasteiger partial charge in [0.25, 0.3) is 5.91 Å². The van der Waals surface area contributed by atoms with Crippen LogP contribution < -0.4 is 5.32 Å². The Bertz CT molecular complexity index is 802. The van der Waals surface area contributed by atoms with Gasteiger partial charge in [-0.2, -0.15) is 5.26 Å². The molecule has 0 aliphatic rings. The molecule has 1 amide bonds. The lowest BCUT2D eigenvalue weighted by Gasteiger charge is -2.07. The van der Waals surface area contributed by atoms with E-state index in [2.05, 4.69) is 5.32 Å². The molecule has 23 heavy (non-hydrogen) atoms. The fourth-order valence-electron chi connectivity index (χ4n) is 1.94. The van der Waals surface area contributed by atoms with Crippen LogP contribution in [0.4, 0.5) is 5.69 Å². The topological polar surface area (TPSA) is 52.9 Å². The lowest BCUT2D eigenvalue weighted by atomic mass is 10.1. The Hall–Kier alpha value is -2.83. The summed E-state index contributed by atoms with van der Waals surface area (Å²) >= 11 is 6.12. The Morgan fingerprint density at radius 3 is 2.43 bits per heavy atom. The molecule has 114 valence electrons. The lowest BCUT2D eigenvalue weighted by Crippen LogP contribution is -2.14. The summed E-state index contributed by atoms with van der Waals surface area (Å²) < 4.78 is 0. The number of benzene rings is 2. The van der Waals surface area contributed by atoms with Gasteiger partial charge in [0.2, 0.25) is 0 Å². The third-order valence-corrected chi connectivity index (χ3v) is 3.36. The first-order valence-electron chi connectivity index (χ1n) is 7.01. The van der Waals surface area contributed by atoms with Crippen LogP contribution in [0.2, 0.25) is 0 Å². The highest BCUT2D eigenvalue weighted by atomic mass is 35.5. The van der Waals surface area contributed by atoms with Crippen molar-refractivity contribution in [2.24, 2.45) is 0 Å². The van der Waals surface area contributed by atoms with E-state index < -0.39 is 5.91 Å². The number of para-hydroxylation sites is 1. The SMILES string of the molecule is Cc1ccccc1NC(=O)/C(C#N)=C/C(Cl)=C/c1ccccc1. The van der Waals surface area contributed by atoms with Gasteiger partial charge in [0, 0.05) is 10.7 Å². The molecule has 3 nitrogen and oxygen atoms in total. The monoisotopic (exact) mass is 322 g/mol. The minimum absolute atomic E-state index is 0.0505. The van der Waals surface area contributed by atoms with E-state index in [0.717, 1.165) is 11.1 Å². The summed E-state index contributed by atoms with van der Waals surface area (Å²) in [5.74, 6) is -0.485. The fourth-order valence-corrected chi connectivity index (χ4v) is 2.17. The molecule has 1 N–H and O–H groups in total. The van der Waals surface area contributed by atoms with Gasteiger partial charge in [-0.15, -0.1) is 0 Å². The Labute approximate surface area is 140 Å². The summed E-state index contributed by atoms with van der Waals surface area (Å²) in [6, 6.07) is 18.7. The van der Waals surface area contributed by atoms with Crippen molar-refractivity contribution in [2.75, 3.05) is 5.32 Å². The molecule has 0 saturated heterocycles. The number of nitrogens with zero attached hydrogens (tertiary/aromatic N) is 1. The first kappa shape index (κ1) is 16.5. The Kier molecular flexibility index (Phi) is 5.74. The van der Waals surface area contributed by atoms with Gasteiger partial charge in [-0.3, -0.25) is 4.79 Å².